The van der Waals surface area contributed by atoms with E-state index in [0.717, 1.165) is 11.3 Å². The van der Waals surface area contributed by atoms with Crippen LogP contribution in [0.1, 0.15) is 12.6 Å². The molecule has 3 aromatic rings. The van der Waals surface area contributed by atoms with Gasteiger partial charge < -0.3 is 24.8 Å². The number of para-hydroxylation sites is 2. The Morgan fingerprint density at radius 1 is 1.00 bits per heavy atom. The smallest absolute Gasteiger partial charge is 0.323 e. The number of ether oxygens (including phenoxy) is 3. The lowest BCUT2D eigenvalue weighted by Crippen LogP contribution is -2.20. The Hall–Kier alpha value is -3.68. The number of hydrogen-bond acceptors (Lipinski definition) is 5. The highest BCUT2D eigenvalue weighted by Gasteiger charge is 2.20. The Bertz CT molecular complexity index is 1000. The number of benzene rings is 2. The Morgan fingerprint density at radius 3 is 2.45 bits per heavy atom. The quantitative estimate of drug-likeness (QED) is 0.553. The monoisotopic (exact) mass is 396 g/mol. The molecule has 0 aliphatic rings. The highest BCUT2D eigenvalue weighted by molar-refractivity contribution is 6.03. The van der Waals surface area contributed by atoms with Crippen molar-refractivity contribution in [2.24, 2.45) is 0 Å². The minimum Gasteiger partial charge on any atom is -0.497 e. The molecule has 0 spiro atoms. The number of rotatable bonds is 7. The number of aryl methyl sites for hydroxylation is 1. The summed E-state index contributed by atoms with van der Waals surface area (Å²) in [6, 6.07) is 12.2. The summed E-state index contributed by atoms with van der Waals surface area (Å²) < 4.78 is 16.0. The number of carbonyl (C=O) groups is 1. The normalized spacial score (nSPS) is 10.3. The molecule has 1 aromatic heterocycles. The molecule has 1 heterocycles. The molecule has 8 heteroatoms. The number of H-pyrrole nitrogens is 1. The van der Waals surface area contributed by atoms with Gasteiger partial charge in [0.05, 0.1) is 38.4 Å². The van der Waals surface area contributed by atoms with Gasteiger partial charge in [0.2, 0.25) is 0 Å². The number of nitrogens with one attached hydrogen (secondary N) is 3. The average molecular weight is 396 g/mol. The minimum absolute atomic E-state index is 0.403. The molecule has 2 aromatic carbocycles. The summed E-state index contributed by atoms with van der Waals surface area (Å²) in [4.78, 5) is 12.7. The van der Waals surface area contributed by atoms with Gasteiger partial charge >= 0.3 is 6.03 Å². The van der Waals surface area contributed by atoms with E-state index in [1.165, 1.54) is 0 Å². The maximum atomic E-state index is 12.7. The Labute approximate surface area is 169 Å². The molecule has 0 unspecified atom stereocenters. The van der Waals surface area contributed by atoms with Gasteiger partial charge in [-0.25, -0.2) is 4.79 Å². The van der Waals surface area contributed by atoms with Crippen molar-refractivity contribution in [3.05, 3.63) is 48.2 Å². The van der Waals surface area contributed by atoms with E-state index in [2.05, 4.69) is 20.8 Å². The summed E-state index contributed by atoms with van der Waals surface area (Å²) in [5.41, 5.74) is 3.27. The van der Waals surface area contributed by atoms with Gasteiger partial charge in [-0.1, -0.05) is 19.1 Å². The number of hydrogen-bond donors (Lipinski definition) is 3. The van der Waals surface area contributed by atoms with Crippen LogP contribution in [0.3, 0.4) is 0 Å². The molecule has 152 valence electrons. The summed E-state index contributed by atoms with van der Waals surface area (Å²) in [7, 11) is 4.72. The molecule has 3 N–H and O–H groups in total. The van der Waals surface area contributed by atoms with Gasteiger partial charge in [-0.05, 0) is 30.7 Å². The molecule has 0 atom stereocenters. The molecule has 3 rings (SSSR count). The van der Waals surface area contributed by atoms with Crippen molar-refractivity contribution in [3.63, 3.8) is 0 Å². The highest BCUT2D eigenvalue weighted by Crippen LogP contribution is 2.37. The number of urea groups is 1. The molecule has 0 saturated heterocycles. The number of anilines is 2. The predicted molar refractivity (Wildman–Crippen MR) is 112 cm³/mol. The number of aromatic amines is 1. The molecule has 0 radical (unpaired) electrons. The van der Waals surface area contributed by atoms with Crippen LogP contribution < -0.4 is 24.8 Å². The van der Waals surface area contributed by atoms with E-state index in [1.807, 2.05) is 31.2 Å². The predicted octanol–water partition coefficient (Wildman–Crippen LogP) is 4.31. The fourth-order valence-corrected chi connectivity index (χ4v) is 2.97. The lowest BCUT2D eigenvalue weighted by molar-refractivity contribution is 0.262. The van der Waals surface area contributed by atoms with E-state index >= 15 is 0 Å². The fraction of sp³-hybridized carbons (Fsp3) is 0.238. The first-order valence-corrected chi connectivity index (χ1v) is 9.11. The van der Waals surface area contributed by atoms with E-state index in [4.69, 9.17) is 14.2 Å². The van der Waals surface area contributed by atoms with Crippen molar-refractivity contribution in [1.82, 2.24) is 10.2 Å². The second kappa shape index (κ2) is 9.01. The lowest BCUT2D eigenvalue weighted by Gasteiger charge is -2.13. The highest BCUT2D eigenvalue weighted by atomic mass is 16.5. The van der Waals surface area contributed by atoms with Crippen LogP contribution in [0.2, 0.25) is 0 Å². The molecule has 2 amide bonds. The molecular formula is C21H24N4O4. The molecule has 0 saturated carbocycles. The van der Waals surface area contributed by atoms with E-state index in [0.29, 0.717) is 40.7 Å². The summed E-state index contributed by atoms with van der Waals surface area (Å²) in [5.74, 6) is 1.83. The second-order valence-corrected chi connectivity index (χ2v) is 6.12. The molecule has 0 bridgehead atoms. The summed E-state index contributed by atoms with van der Waals surface area (Å²) in [6.45, 7) is 1.98. The van der Waals surface area contributed by atoms with Crippen LogP contribution in [-0.4, -0.2) is 37.6 Å². The number of carbonyl (C=O) groups excluding carboxylic acids is 1. The third-order valence-corrected chi connectivity index (χ3v) is 4.45. The van der Waals surface area contributed by atoms with Crippen LogP contribution in [0.5, 0.6) is 17.2 Å². The Balaban J connectivity index is 1.92. The van der Waals surface area contributed by atoms with Gasteiger partial charge in [0.25, 0.3) is 0 Å². The van der Waals surface area contributed by atoms with Crippen molar-refractivity contribution in [2.45, 2.75) is 13.3 Å². The number of nitrogens with zero attached hydrogens (tertiary/aromatic N) is 1. The van der Waals surface area contributed by atoms with Crippen LogP contribution in [-0.2, 0) is 6.42 Å². The zero-order valence-electron chi connectivity index (χ0n) is 16.8. The third-order valence-electron chi connectivity index (χ3n) is 4.45. The number of aromatic nitrogens is 2. The van der Waals surface area contributed by atoms with Crippen LogP contribution in [0.4, 0.5) is 16.2 Å². The SMILES string of the molecule is CCc1[nH]nc(-c2ccc(OC)cc2OC)c1NC(=O)Nc1ccccc1OC. The summed E-state index contributed by atoms with van der Waals surface area (Å²) >= 11 is 0. The maximum Gasteiger partial charge on any atom is 0.323 e. The lowest BCUT2D eigenvalue weighted by atomic mass is 10.1. The van der Waals surface area contributed by atoms with Gasteiger partial charge in [-0.2, -0.15) is 5.10 Å². The molecular weight excluding hydrogens is 372 g/mol. The van der Waals surface area contributed by atoms with Crippen molar-refractivity contribution >= 4 is 17.4 Å². The zero-order chi connectivity index (χ0) is 20.8. The first kappa shape index (κ1) is 20.1. The topological polar surface area (TPSA) is 97.5 Å². The standard InChI is InChI=1S/C21H24N4O4/c1-5-15-20(23-21(26)22-16-8-6-7-9-17(16)28-3)19(25-24-15)14-11-10-13(27-2)12-18(14)29-4/h6-12H,5H2,1-4H3,(H,24,25)(H2,22,23,26). The average Bonchev–Trinajstić information content (AvgIpc) is 3.15. The van der Waals surface area contributed by atoms with E-state index in [-0.39, 0.29) is 0 Å². The van der Waals surface area contributed by atoms with Crippen molar-refractivity contribution in [3.8, 4) is 28.5 Å². The molecule has 29 heavy (non-hydrogen) atoms. The third kappa shape index (κ3) is 4.26. The van der Waals surface area contributed by atoms with Crippen molar-refractivity contribution < 1.29 is 19.0 Å². The van der Waals surface area contributed by atoms with Crippen molar-refractivity contribution in [1.29, 1.82) is 0 Å². The van der Waals surface area contributed by atoms with E-state index in [1.54, 1.807) is 39.5 Å². The first-order valence-electron chi connectivity index (χ1n) is 9.11. The molecule has 0 aliphatic heterocycles. The molecule has 8 nitrogen and oxygen atoms in total. The Kier molecular flexibility index (Phi) is 6.23. The summed E-state index contributed by atoms with van der Waals surface area (Å²) in [6.07, 6.45) is 0.662. The van der Waals surface area contributed by atoms with Crippen LogP contribution >= 0.6 is 0 Å². The maximum absolute atomic E-state index is 12.7. The first-order chi connectivity index (χ1) is 14.1. The van der Waals surface area contributed by atoms with Crippen LogP contribution in [0.15, 0.2) is 42.5 Å². The largest absolute Gasteiger partial charge is 0.497 e. The van der Waals surface area contributed by atoms with Gasteiger partial charge in [0.15, 0.2) is 0 Å². The van der Waals surface area contributed by atoms with Gasteiger partial charge in [-0.15, -0.1) is 0 Å². The number of methoxy groups -OCH3 is 3. The van der Waals surface area contributed by atoms with Crippen LogP contribution in [0, 0.1) is 0 Å². The number of amides is 2. The van der Waals surface area contributed by atoms with Crippen molar-refractivity contribution in [2.75, 3.05) is 32.0 Å². The van der Waals surface area contributed by atoms with E-state index < -0.39 is 6.03 Å². The van der Waals surface area contributed by atoms with Gasteiger partial charge in [0, 0.05) is 11.6 Å². The van der Waals surface area contributed by atoms with Crippen LogP contribution in [0.25, 0.3) is 11.3 Å². The summed E-state index contributed by atoms with van der Waals surface area (Å²) in [5, 5.41) is 13.1. The fourth-order valence-electron chi connectivity index (χ4n) is 2.97. The van der Waals surface area contributed by atoms with Gasteiger partial charge in [0.1, 0.15) is 22.9 Å². The zero-order valence-corrected chi connectivity index (χ0v) is 16.8. The molecule has 0 aliphatic carbocycles. The van der Waals surface area contributed by atoms with E-state index in [9.17, 15) is 4.79 Å². The second-order valence-electron chi connectivity index (χ2n) is 6.12. The minimum atomic E-state index is -0.403. The Morgan fingerprint density at radius 2 is 1.76 bits per heavy atom. The van der Waals surface area contributed by atoms with Gasteiger partial charge in [-0.3, -0.25) is 5.10 Å². The molecule has 0 fully saturated rings.